The van der Waals surface area contributed by atoms with Gasteiger partial charge in [0, 0.05) is 25.2 Å². The van der Waals surface area contributed by atoms with E-state index in [1.165, 1.54) is 19.2 Å². The molecular formula is C14H19FN2O2. The first kappa shape index (κ1) is 13.8. The predicted molar refractivity (Wildman–Crippen MR) is 70.9 cm³/mol. The van der Waals surface area contributed by atoms with E-state index in [0.717, 1.165) is 19.5 Å². The number of rotatable bonds is 4. The number of carbonyl (C=O) groups is 1. The Kier molecular flexibility index (Phi) is 4.37. The fourth-order valence-electron chi connectivity index (χ4n) is 2.42. The molecule has 0 bridgehead atoms. The standard InChI is InChI=1S/C14H19FN2O2/c1-3-17(10-6-7-16-9-10)14(18)12-5-4-11(19-2)8-13(12)15/h4-5,8,10,16H,3,6-7,9H2,1-2H3. The van der Waals surface area contributed by atoms with E-state index in [4.69, 9.17) is 4.74 Å². The topological polar surface area (TPSA) is 41.6 Å². The first-order valence-electron chi connectivity index (χ1n) is 6.52. The highest BCUT2D eigenvalue weighted by Gasteiger charge is 2.27. The van der Waals surface area contributed by atoms with E-state index in [0.29, 0.717) is 12.3 Å². The second kappa shape index (κ2) is 6.02. The summed E-state index contributed by atoms with van der Waals surface area (Å²) in [4.78, 5) is 14.1. The first-order chi connectivity index (χ1) is 9.17. The molecule has 1 aliphatic heterocycles. The average molecular weight is 266 g/mol. The van der Waals surface area contributed by atoms with Crippen LogP contribution in [0.1, 0.15) is 23.7 Å². The summed E-state index contributed by atoms with van der Waals surface area (Å²) in [5, 5.41) is 3.22. The summed E-state index contributed by atoms with van der Waals surface area (Å²) in [6.45, 7) is 4.17. The zero-order chi connectivity index (χ0) is 13.8. The fraction of sp³-hybridized carbons (Fsp3) is 0.500. The molecule has 104 valence electrons. The molecule has 19 heavy (non-hydrogen) atoms. The van der Waals surface area contributed by atoms with Gasteiger partial charge in [0.15, 0.2) is 0 Å². The number of halogens is 1. The van der Waals surface area contributed by atoms with E-state index in [1.807, 2.05) is 6.92 Å². The third kappa shape index (κ3) is 2.87. The van der Waals surface area contributed by atoms with Gasteiger partial charge in [0.05, 0.1) is 12.7 Å². The van der Waals surface area contributed by atoms with Crippen molar-refractivity contribution in [1.29, 1.82) is 0 Å². The number of hydrogen-bond acceptors (Lipinski definition) is 3. The van der Waals surface area contributed by atoms with Gasteiger partial charge in [0.25, 0.3) is 5.91 Å². The van der Waals surface area contributed by atoms with Crippen LogP contribution >= 0.6 is 0 Å². The number of ether oxygens (including phenoxy) is 1. The van der Waals surface area contributed by atoms with Gasteiger partial charge in [-0.2, -0.15) is 0 Å². The van der Waals surface area contributed by atoms with Gasteiger partial charge < -0.3 is 15.0 Å². The number of benzene rings is 1. The highest BCUT2D eigenvalue weighted by molar-refractivity contribution is 5.94. The molecule has 4 nitrogen and oxygen atoms in total. The Labute approximate surface area is 112 Å². The fourth-order valence-corrected chi connectivity index (χ4v) is 2.42. The molecule has 0 aliphatic carbocycles. The van der Waals surface area contributed by atoms with Crippen LogP contribution in [0.4, 0.5) is 4.39 Å². The van der Waals surface area contributed by atoms with Crippen LogP contribution in [0.15, 0.2) is 18.2 Å². The van der Waals surface area contributed by atoms with Gasteiger partial charge >= 0.3 is 0 Å². The summed E-state index contributed by atoms with van der Waals surface area (Å²) in [5.41, 5.74) is 0.106. The van der Waals surface area contributed by atoms with E-state index in [1.54, 1.807) is 11.0 Å². The molecular weight excluding hydrogens is 247 g/mol. The summed E-state index contributed by atoms with van der Waals surface area (Å²) < 4.78 is 18.9. The van der Waals surface area contributed by atoms with Crippen molar-refractivity contribution < 1.29 is 13.9 Å². The molecule has 1 N–H and O–H groups in total. The second-order valence-electron chi connectivity index (χ2n) is 4.58. The van der Waals surface area contributed by atoms with Gasteiger partial charge in [-0.3, -0.25) is 4.79 Å². The number of nitrogens with zero attached hydrogens (tertiary/aromatic N) is 1. The van der Waals surface area contributed by atoms with Crippen LogP contribution in [0.25, 0.3) is 0 Å². The van der Waals surface area contributed by atoms with Crippen LogP contribution in [0.3, 0.4) is 0 Å². The Bertz CT molecular complexity index is 459. The molecule has 5 heteroatoms. The van der Waals surface area contributed by atoms with Crippen LogP contribution in [0, 0.1) is 5.82 Å². The largest absolute Gasteiger partial charge is 0.497 e. The third-order valence-corrected chi connectivity index (χ3v) is 3.48. The number of amides is 1. The maximum absolute atomic E-state index is 13.9. The predicted octanol–water partition coefficient (Wildman–Crippen LogP) is 1.66. The van der Waals surface area contributed by atoms with Crippen molar-refractivity contribution in [2.75, 3.05) is 26.7 Å². The Balaban J connectivity index is 2.21. The van der Waals surface area contributed by atoms with Crippen LogP contribution in [-0.4, -0.2) is 43.6 Å². The maximum atomic E-state index is 13.9. The molecule has 1 heterocycles. The summed E-state index contributed by atoms with van der Waals surface area (Å²) in [6, 6.07) is 4.49. The molecule has 1 unspecified atom stereocenters. The minimum absolute atomic E-state index is 0.106. The Hall–Kier alpha value is -1.62. The summed E-state index contributed by atoms with van der Waals surface area (Å²) in [7, 11) is 1.47. The zero-order valence-corrected chi connectivity index (χ0v) is 11.3. The van der Waals surface area contributed by atoms with E-state index in [2.05, 4.69) is 5.32 Å². The first-order valence-corrected chi connectivity index (χ1v) is 6.52. The van der Waals surface area contributed by atoms with E-state index in [9.17, 15) is 9.18 Å². The normalized spacial score (nSPS) is 18.4. The van der Waals surface area contributed by atoms with Gasteiger partial charge in [-0.25, -0.2) is 4.39 Å². The molecule has 1 atom stereocenters. The van der Waals surface area contributed by atoms with Crippen LogP contribution < -0.4 is 10.1 Å². The molecule has 1 aliphatic rings. The maximum Gasteiger partial charge on any atom is 0.257 e. The average Bonchev–Trinajstić information content (AvgIpc) is 2.93. The summed E-state index contributed by atoms with van der Waals surface area (Å²) >= 11 is 0. The van der Waals surface area contributed by atoms with Crippen molar-refractivity contribution in [1.82, 2.24) is 10.2 Å². The van der Waals surface area contributed by atoms with Crippen molar-refractivity contribution in [2.45, 2.75) is 19.4 Å². The molecule has 1 aromatic rings. The number of likely N-dealkylation sites (N-methyl/N-ethyl adjacent to an activating group) is 1. The van der Waals surface area contributed by atoms with Crippen LogP contribution in [0.2, 0.25) is 0 Å². The number of hydrogen-bond donors (Lipinski definition) is 1. The molecule has 2 rings (SSSR count). The summed E-state index contributed by atoms with van der Waals surface area (Å²) in [5.74, 6) is -0.371. The second-order valence-corrected chi connectivity index (χ2v) is 4.58. The lowest BCUT2D eigenvalue weighted by atomic mass is 10.1. The monoisotopic (exact) mass is 266 g/mol. The molecule has 0 spiro atoms. The van der Waals surface area contributed by atoms with Crippen LogP contribution in [0.5, 0.6) is 5.75 Å². The molecule has 1 fully saturated rings. The minimum Gasteiger partial charge on any atom is -0.497 e. The lowest BCUT2D eigenvalue weighted by Gasteiger charge is -2.27. The Morgan fingerprint density at radius 3 is 2.89 bits per heavy atom. The van der Waals surface area contributed by atoms with Gasteiger partial charge in [-0.05, 0) is 32.0 Å². The molecule has 0 aromatic heterocycles. The zero-order valence-electron chi connectivity index (χ0n) is 11.3. The third-order valence-electron chi connectivity index (χ3n) is 3.48. The van der Waals surface area contributed by atoms with Crippen molar-refractivity contribution >= 4 is 5.91 Å². The van der Waals surface area contributed by atoms with Gasteiger partial charge in [-0.15, -0.1) is 0 Å². The van der Waals surface area contributed by atoms with E-state index < -0.39 is 5.82 Å². The van der Waals surface area contributed by atoms with Crippen LogP contribution in [-0.2, 0) is 0 Å². The lowest BCUT2D eigenvalue weighted by Crippen LogP contribution is -2.41. The smallest absolute Gasteiger partial charge is 0.257 e. The molecule has 1 saturated heterocycles. The van der Waals surface area contributed by atoms with Gasteiger partial charge in [0.1, 0.15) is 11.6 Å². The van der Waals surface area contributed by atoms with Crippen molar-refractivity contribution in [2.24, 2.45) is 0 Å². The minimum atomic E-state index is -0.534. The van der Waals surface area contributed by atoms with E-state index in [-0.39, 0.29) is 17.5 Å². The summed E-state index contributed by atoms with van der Waals surface area (Å²) in [6.07, 6.45) is 0.914. The molecule has 0 radical (unpaired) electrons. The van der Waals surface area contributed by atoms with Gasteiger partial charge in [-0.1, -0.05) is 0 Å². The number of nitrogens with one attached hydrogen (secondary N) is 1. The van der Waals surface area contributed by atoms with E-state index >= 15 is 0 Å². The molecule has 1 amide bonds. The number of carbonyl (C=O) groups excluding carboxylic acids is 1. The lowest BCUT2D eigenvalue weighted by molar-refractivity contribution is 0.0699. The van der Waals surface area contributed by atoms with Crippen molar-refractivity contribution in [3.8, 4) is 5.75 Å². The Morgan fingerprint density at radius 1 is 1.58 bits per heavy atom. The SMILES string of the molecule is CCN(C(=O)c1ccc(OC)cc1F)C1CCNC1. The number of methoxy groups -OCH3 is 1. The van der Waals surface area contributed by atoms with Crippen molar-refractivity contribution in [3.05, 3.63) is 29.6 Å². The van der Waals surface area contributed by atoms with Crippen molar-refractivity contribution in [3.63, 3.8) is 0 Å². The highest BCUT2D eigenvalue weighted by atomic mass is 19.1. The quantitative estimate of drug-likeness (QED) is 0.901. The Morgan fingerprint density at radius 2 is 2.37 bits per heavy atom. The van der Waals surface area contributed by atoms with Gasteiger partial charge in [0.2, 0.25) is 0 Å². The molecule has 1 aromatic carbocycles. The highest BCUT2D eigenvalue weighted by Crippen LogP contribution is 2.20. The molecule has 0 saturated carbocycles.